The molecule has 0 radical (unpaired) electrons. The maximum atomic E-state index is 13.1. The second-order valence-electron chi connectivity index (χ2n) is 8.61. The Bertz CT molecular complexity index is 1210. The van der Waals surface area contributed by atoms with Crippen LogP contribution in [-0.4, -0.2) is 38.3 Å². The van der Waals surface area contributed by atoms with E-state index in [4.69, 9.17) is 4.74 Å². The van der Waals surface area contributed by atoms with Crippen molar-refractivity contribution in [1.29, 1.82) is 0 Å². The summed E-state index contributed by atoms with van der Waals surface area (Å²) in [6.07, 6.45) is 0.420. The van der Waals surface area contributed by atoms with Crippen molar-refractivity contribution >= 4 is 26.6 Å². The number of aryl methyl sites for hydroxylation is 1. The molecule has 32 heavy (non-hydrogen) atoms. The Labute approximate surface area is 191 Å². The summed E-state index contributed by atoms with van der Waals surface area (Å²) in [5, 5.41) is 2.15. The van der Waals surface area contributed by atoms with E-state index in [-0.39, 0.29) is 17.0 Å². The van der Waals surface area contributed by atoms with Crippen molar-refractivity contribution in [3.8, 4) is 5.75 Å². The van der Waals surface area contributed by atoms with Crippen LogP contribution in [0.15, 0.2) is 70.0 Å². The second kappa shape index (κ2) is 9.74. The van der Waals surface area contributed by atoms with E-state index in [1.165, 1.54) is 0 Å². The van der Waals surface area contributed by atoms with Crippen LogP contribution in [-0.2, 0) is 16.4 Å². The number of nitrogens with zero attached hydrogens (tertiary/aromatic N) is 2. The second-order valence-corrected chi connectivity index (χ2v) is 10.2. The molecule has 0 amide bonds. The van der Waals surface area contributed by atoms with Gasteiger partial charge in [-0.25, -0.2) is 0 Å². The lowest BCUT2D eigenvalue weighted by Crippen LogP contribution is -2.43. The number of hydrogen-bond acceptors (Lipinski definition) is 3. The molecule has 3 aromatic rings. The standard InChI is InChI=1S/C26H32N2O3S/c1-18(2)28(19(3)4)26(27-32(29,30)25-13-7-20(5)8-14-25)16-21-9-10-23-17-24(31-6)12-11-22(23)15-21/h7-15,17-19H,16H2,1-6H3/b27-26-. The zero-order valence-electron chi connectivity index (χ0n) is 19.7. The maximum Gasteiger partial charge on any atom is 0.283 e. The summed E-state index contributed by atoms with van der Waals surface area (Å²) in [6.45, 7) is 10.2. The highest BCUT2D eigenvalue weighted by Gasteiger charge is 2.23. The van der Waals surface area contributed by atoms with Crippen LogP contribution < -0.4 is 4.74 Å². The molecule has 0 saturated heterocycles. The van der Waals surface area contributed by atoms with E-state index in [0.29, 0.717) is 12.3 Å². The summed E-state index contributed by atoms with van der Waals surface area (Å²) < 4.78 is 36.0. The van der Waals surface area contributed by atoms with Crippen LogP contribution >= 0.6 is 0 Å². The molecule has 0 unspecified atom stereocenters. The molecular weight excluding hydrogens is 420 g/mol. The summed E-state index contributed by atoms with van der Waals surface area (Å²) in [7, 11) is -2.18. The number of fused-ring (bicyclic) bond motifs is 1. The summed E-state index contributed by atoms with van der Waals surface area (Å²) in [5.41, 5.74) is 2.01. The first-order valence-electron chi connectivity index (χ1n) is 10.9. The fourth-order valence-electron chi connectivity index (χ4n) is 3.96. The van der Waals surface area contributed by atoms with E-state index >= 15 is 0 Å². The van der Waals surface area contributed by atoms with E-state index in [1.54, 1.807) is 31.4 Å². The third-order valence-corrected chi connectivity index (χ3v) is 6.75. The Morgan fingerprint density at radius 2 is 1.50 bits per heavy atom. The van der Waals surface area contributed by atoms with Gasteiger partial charge in [-0.05, 0) is 75.2 Å². The topological polar surface area (TPSA) is 59.0 Å². The van der Waals surface area contributed by atoms with E-state index < -0.39 is 10.0 Å². The van der Waals surface area contributed by atoms with E-state index in [1.807, 2.05) is 37.3 Å². The molecule has 0 aromatic heterocycles. The lowest BCUT2D eigenvalue weighted by molar-refractivity contribution is 0.288. The number of amidine groups is 1. The van der Waals surface area contributed by atoms with Crippen LogP contribution in [0.1, 0.15) is 38.8 Å². The Kier molecular flexibility index (Phi) is 7.24. The molecule has 3 rings (SSSR count). The van der Waals surface area contributed by atoms with Crippen LogP contribution in [0.3, 0.4) is 0 Å². The summed E-state index contributed by atoms with van der Waals surface area (Å²) in [4.78, 5) is 2.28. The minimum atomic E-state index is -3.83. The van der Waals surface area contributed by atoms with Crippen molar-refractivity contribution in [1.82, 2.24) is 4.90 Å². The highest BCUT2D eigenvalue weighted by atomic mass is 32.2. The SMILES string of the molecule is COc1ccc2cc(C/C(=N/S(=O)(=O)c3ccc(C)cc3)N(C(C)C)C(C)C)ccc2c1. The van der Waals surface area contributed by atoms with E-state index in [9.17, 15) is 8.42 Å². The Morgan fingerprint density at radius 1 is 0.906 bits per heavy atom. The first-order chi connectivity index (χ1) is 15.1. The van der Waals surface area contributed by atoms with Gasteiger partial charge in [-0.1, -0.05) is 42.0 Å². The third kappa shape index (κ3) is 5.49. The first-order valence-corrected chi connectivity index (χ1v) is 12.3. The number of rotatable bonds is 7. The summed E-state index contributed by atoms with van der Waals surface area (Å²) in [5.74, 6) is 1.35. The molecule has 5 nitrogen and oxygen atoms in total. The van der Waals surface area contributed by atoms with Crippen molar-refractivity contribution in [3.63, 3.8) is 0 Å². The van der Waals surface area contributed by atoms with Gasteiger partial charge in [-0.3, -0.25) is 0 Å². The van der Waals surface area contributed by atoms with E-state index in [0.717, 1.165) is 27.6 Å². The van der Waals surface area contributed by atoms with Gasteiger partial charge in [-0.2, -0.15) is 8.42 Å². The number of benzene rings is 3. The molecule has 0 atom stereocenters. The van der Waals surface area contributed by atoms with Crippen LogP contribution in [0.4, 0.5) is 0 Å². The summed E-state index contributed by atoms with van der Waals surface area (Å²) in [6, 6.07) is 19.1. The van der Waals surface area contributed by atoms with Gasteiger partial charge >= 0.3 is 0 Å². The Hall–Kier alpha value is -2.86. The number of methoxy groups -OCH3 is 1. The molecule has 0 bridgehead atoms. The molecule has 0 aliphatic rings. The largest absolute Gasteiger partial charge is 0.497 e. The van der Waals surface area contributed by atoms with Crippen LogP contribution in [0.5, 0.6) is 5.75 Å². The summed E-state index contributed by atoms with van der Waals surface area (Å²) >= 11 is 0. The molecule has 0 aliphatic heterocycles. The normalized spacial score (nSPS) is 12.6. The molecule has 0 heterocycles. The predicted molar refractivity (Wildman–Crippen MR) is 132 cm³/mol. The number of ether oxygens (including phenoxy) is 1. The van der Waals surface area contributed by atoms with Gasteiger partial charge in [-0.15, -0.1) is 4.40 Å². The fourth-order valence-corrected chi connectivity index (χ4v) is 4.98. The quantitative estimate of drug-likeness (QED) is 0.346. The van der Waals surface area contributed by atoms with Gasteiger partial charge in [0.2, 0.25) is 0 Å². The Balaban J connectivity index is 2.06. The van der Waals surface area contributed by atoms with Gasteiger partial charge in [0.25, 0.3) is 10.0 Å². The van der Waals surface area contributed by atoms with Crippen LogP contribution in [0.2, 0.25) is 0 Å². The minimum absolute atomic E-state index is 0.103. The average Bonchev–Trinajstić information content (AvgIpc) is 2.72. The third-order valence-electron chi connectivity index (χ3n) is 5.43. The lowest BCUT2D eigenvalue weighted by atomic mass is 10.0. The lowest BCUT2D eigenvalue weighted by Gasteiger charge is -2.34. The molecule has 0 fully saturated rings. The van der Waals surface area contributed by atoms with Crippen molar-refractivity contribution in [2.24, 2.45) is 4.40 Å². The van der Waals surface area contributed by atoms with Crippen molar-refractivity contribution in [2.45, 2.75) is 58.0 Å². The zero-order chi connectivity index (χ0) is 23.5. The first kappa shape index (κ1) is 23.8. The van der Waals surface area contributed by atoms with Gasteiger partial charge < -0.3 is 9.64 Å². The van der Waals surface area contributed by atoms with Crippen LogP contribution in [0.25, 0.3) is 10.8 Å². The number of sulfonamides is 1. The molecule has 6 heteroatoms. The predicted octanol–water partition coefficient (Wildman–Crippen LogP) is 5.61. The molecule has 0 spiro atoms. The molecule has 3 aromatic carbocycles. The average molecular weight is 453 g/mol. The van der Waals surface area contributed by atoms with Crippen molar-refractivity contribution in [2.75, 3.05) is 7.11 Å². The van der Waals surface area contributed by atoms with Gasteiger partial charge in [0, 0.05) is 18.5 Å². The maximum absolute atomic E-state index is 13.1. The monoisotopic (exact) mass is 452 g/mol. The fraction of sp³-hybridized carbons (Fsp3) is 0.346. The van der Waals surface area contributed by atoms with Gasteiger partial charge in [0.15, 0.2) is 0 Å². The van der Waals surface area contributed by atoms with Gasteiger partial charge in [0.1, 0.15) is 11.6 Å². The Morgan fingerprint density at radius 3 is 2.09 bits per heavy atom. The van der Waals surface area contributed by atoms with Gasteiger partial charge in [0.05, 0.1) is 12.0 Å². The van der Waals surface area contributed by atoms with Crippen LogP contribution in [0, 0.1) is 6.92 Å². The molecule has 170 valence electrons. The van der Waals surface area contributed by atoms with Crippen molar-refractivity contribution < 1.29 is 13.2 Å². The smallest absolute Gasteiger partial charge is 0.283 e. The highest BCUT2D eigenvalue weighted by Crippen LogP contribution is 2.24. The minimum Gasteiger partial charge on any atom is -0.497 e. The molecule has 0 aliphatic carbocycles. The highest BCUT2D eigenvalue weighted by molar-refractivity contribution is 7.90. The van der Waals surface area contributed by atoms with E-state index in [2.05, 4.69) is 43.1 Å². The van der Waals surface area contributed by atoms with Crippen molar-refractivity contribution in [3.05, 3.63) is 71.8 Å². The molecular formula is C26H32N2O3S. The number of hydrogen-bond donors (Lipinski definition) is 0. The molecule has 0 N–H and O–H groups in total. The molecule has 0 saturated carbocycles. The zero-order valence-corrected chi connectivity index (χ0v) is 20.5.